The zero-order valence-electron chi connectivity index (χ0n) is 13.5. The zero-order chi connectivity index (χ0) is 17.6. The summed E-state index contributed by atoms with van der Waals surface area (Å²) in [7, 11) is -3.22. The average molecular weight is 381 g/mol. The van der Waals surface area contributed by atoms with Crippen molar-refractivity contribution < 1.29 is 12.8 Å². The largest absolute Gasteiger partial charge is 0.234 e. The number of benzene rings is 1. The van der Waals surface area contributed by atoms with Crippen molar-refractivity contribution in [1.82, 2.24) is 24.1 Å². The summed E-state index contributed by atoms with van der Waals surface area (Å²) in [5.41, 5.74) is 0.809. The summed E-state index contributed by atoms with van der Waals surface area (Å²) in [6.07, 6.45) is 2.85. The molecule has 132 valence electrons. The first kappa shape index (κ1) is 16.6. The molecule has 1 atom stereocenters. The molecule has 0 saturated carbocycles. The molecule has 4 rings (SSSR count). The molecule has 0 spiro atoms. The van der Waals surface area contributed by atoms with E-state index >= 15 is 0 Å². The first-order valence-corrected chi connectivity index (χ1v) is 10.5. The van der Waals surface area contributed by atoms with Crippen molar-refractivity contribution in [1.29, 1.82) is 0 Å². The van der Waals surface area contributed by atoms with Crippen LogP contribution in [-0.4, -0.2) is 51.9 Å². The van der Waals surface area contributed by atoms with Gasteiger partial charge in [-0.3, -0.25) is 0 Å². The van der Waals surface area contributed by atoms with Crippen molar-refractivity contribution in [2.75, 3.05) is 19.3 Å². The van der Waals surface area contributed by atoms with Crippen molar-refractivity contribution in [2.24, 2.45) is 0 Å². The Bertz CT molecular complexity index is 1010. The number of hydrogen-bond acceptors (Lipinski definition) is 6. The minimum absolute atomic E-state index is 0.0401. The fourth-order valence-corrected chi connectivity index (χ4v) is 4.81. The Balaban J connectivity index is 1.68. The first-order chi connectivity index (χ1) is 11.9. The molecule has 1 unspecified atom stereocenters. The van der Waals surface area contributed by atoms with Gasteiger partial charge in [-0.05, 0) is 37.1 Å². The third kappa shape index (κ3) is 3.16. The van der Waals surface area contributed by atoms with Crippen LogP contribution in [0.25, 0.3) is 15.5 Å². The van der Waals surface area contributed by atoms with E-state index in [1.807, 2.05) is 0 Å². The van der Waals surface area contributed by atoms with E-state index in [0.29, 0.717) is 23.9 Å². The molecule has 2 aromatic heterocycles. The molecule has 0 bridgehead atoms. The summed E-state index contributed by atoms with van der Waals surface area (Å²) < 4.78 is 39.9. The second kappa shape index (κ2) is 6.11. The second-order valence-electron chi connectivity index (χ2n) is 6.13. The maximum atomic E-state index is 13.1. The van der Waals surface area contributed by atoms with Gasteiger partial charge >= 0.3 is 0 Å². The van der Waals surface area contributed by atoms with E-state index in [2.05, 4.69) is 15.3 Å². The summed E-state index contributed by atoms with van der Waals surface area (Å²) in [5.74, 6) is 0.338. The van der Waals surface area contributed by atoms with E-state index in [1.54, 1.807) is 16.6 Å². The van der Waals surface area contributed by atoms with Gasteiger partial charge in [0, 0.05) is 24.6 Å². The highest BCUT2D eigenvalue weighted by molar-refractivity contribution is 7.88. The van der Waals surface area contributed by atoms with Crippen molar-refractivity contribution in [3.8, 4) is 10.6 Å². The molecule has 0 N–H and O–H groups in total. The van der Waals surface area contributed by atoms with Crippen molar-refractivity contribution in [3.05, 3.63) is 35.9 Å². The molecule has 7 nitrogen and oxygen atoms in total. The molecule has 1 aromatic carbocycles. The fourth-order valence-electron chi connectivity index (χ4n) is 3.05. The van der Waals surface area contributed by atoms with Crippen molar-refractivity contribution >= 4 is 26.3 Å². The topological polar surface area (TPSA) is 80.5 Å². The van der Waals surface area contributed by atoms with Crippen LogP contribution in [0.15, 0.2) is 24.3 Å². The van der Waals surface area contributed by atoms with Crippen LogP contribution in [0, 0.1) is 5.82 Å². The van der Waals surface area contributed by atoms with Crippen LogP contribution in [0.5, 0.6) is 0 Å². The maximum Gasteiger partial charge on any atom is 0.234 e. The number of piperidine rings is 1. The van der Waals surface area contributed by atoms with Crippen LogP contribution >= 0.6 is 11.3 Å². The molecule has 0 aliphatic carbocycles. The van der Waals surface area contributed by atoms with Crippen LogP contribution in [-0.2, 0) is 10.0 Å². The summed E-state index contributed by atoms with van der Waals surface area (Å²) in [6, 6.07) is 6.13. The summed E-state index contributed by atoms with van der Waals surface area (Å²) in [6.45, 7) is 0.929. The molecular formula is C15H16FN5O2S2. The molecule has 10 heteroatoms. The molecule has 0 amide bonds. The Hall–Kier alpha value is -1.91. The number of hydrogen-bond donors (Lipinski definition) is 0. The molecule has 1 fully saturated rings. The Kier molecular flexibility index (Phi) is 4.05. The fraction of sp³-hybridized carbons (Fsp3) is 0.400. The maximum absolute atomic E-state index is 13.1. The molecule has 1 aliphatic heterocycles. The van der Waals surface area contributed by atoms with E-state index in [-0.39, 0.29) is 11.7 Å². The summed E-state index contributed by atoms with van der Waals surface area (Å²) in [4.78, 5) is 0.644. The van der Waals surface area contributed by atoms with Crippen LogP contribution in [0.2, 0.25) is 0 Å². The second-order valence-corrected chi connectivity index (χ2v) is 9.07. The highest BCUT2D eigenvalue weighted by Crippen LogP contribution is 2.30. The van der Waals surface area contributed by atoms with E-state index in [4.69, 9.17) is 0 Å². The minimum Gasteiger partial charge on any atom is -0.213 e. The Morgan fingerprint density at radius 2 is 2.00 bits per heavy atom. The number of sulfonamides is 1. The molecule has 3 aromatic rings. The van der Waals surface area contributed by atoms with Crippen LogP contribution in [0.3, 0.4) is 0 Å². The quantitative estimate of drug-likeness (QED) is 0.694. The molecule has 0 radical (unpaired) electrons. The molecule has 1 saturated heterocycles. The number of nitrogens with zero attached hydrogens (tertiary/aromatic N) is 5. The van der Waals surface area contributed by atoms with Gasteiger partial charge in [0.2, 0.25) is 15.0 Å². The van der Waals surface area contributed by atoms with Gasteiger partial charge in [0.1, 0.15) is 10.8 Å². The summed E-state index contributed by atoms with van der Waals surface area (Å²) in [5, 5.41) is 13.7. The van der Waals surface area contributed by atoms with E-state index in [0.717, 1.165) is 23.4 Å². The average Bonchev–Trinajstić information content (AvgIpc) is 3.15. The van der Waals surface area contributed by atoms with Gasteiger partial charge in [-0.25, -0.2) is 17.1 Å². The lowest BCUT2D eigenvalue weighted by Crippen LogP contribution is -2.38. The minimum atomic E-state index is -3.22. The molecular weight excluding hydrogens is 365 g/mol. The van der Waals surface area contributed by atoms with Gasteiger partial charge < -0.3 is 0 Å². The zero-order valence-corrected chi connectivity index (χ0v) is 15.1. The van der Waals surface area contributed by atoms with Gasteiger partial charge in [0.25, 0.3) is 0 Å². The van der Waals surface area contributed by atoms with Crippen LogP contribution < -0.4 is 0 Å². The third-order valence-corrected chi connectivity index (χ3v) is 6.54. The lowest BCUT2D eigenvalue weighted by molar-refractivity contribution is 0.309. The predicted octanol–water partition coefficient (Wildman–Crippen LogP) is 2.13. The smallest absolute Gasteiger partial charge is 0.213 e. The SMILES string of the molecule is CS(=O)(=O)N1CCCC(c2nnc3sc(-c4ccc(F)cc4)nn23)C1. The summed E-state index contributed by atoms with van der Waals surface area (Å²) >= 11 is 1.37. The van der Waals surface area contributed by atoms with Gasteiger partial charge in [0.05, 0.1) is 6.26 Å². The normalized spacial score (nSPS) is 19.5. The highest BCUT2D eigenvalue weighted by atomic mass is 32.2. The number of rotatable bonds is 3. The standard InChI is InChI=1S/C15H16FN5O2S2/c1-25(22,23)20-8-2-3-11(9-20)13-17-18-15-21(13)19-14(24-15)10-4-6-12(16)7-5-10/h4-7,11H,2-3,8-9H2,1H3. The van der Waals surface area contributed by atoms with Gasteiger partial charge in [0.15, 0.2) is 5.82 Å². The molecule has 3 heterocycles. The predicted molar refractivity (Wildman–Crippen MR) is 92.4 cm³/mol. The van der Waals surface area contributed by atoms with E-state index in [9.17, 15) is 12.8 Å². The van der Waals surface area contributed by atoms with Gasteiger partial charge in [-0.15, -0.1) is 10.2 Å². The molecule has 1 aliphatic rings. The van der Waals surface area contributed by atoms with Gasteiger partial charge in [-0.1, -0.05) is 11.3 Å². The Morgan fingerprint density at radius 3 is 2.72 bits per heavy atom. The third-order valence-electron chi connectivity index (χ3n) is 4.32. The lowest BCUT2D eigenvalue weighted by Gasteiger charge is -2.29. The van der Waals surface area contributed by atoms with Gasteiger partial charge in [-0.2, -0.15) is 9.61 Å². The lowest BCUT2D eigenvalue weighted by atomic mass is 9.99. The van der Waals surface area contributed by atoms with Crippen LogP contribution in [0.4, 0.5) is 4.39 Å². The first-order valence-electron chi connectivity index (χ1n) is 7.85. The monoisotopic (exact) mass is 381 g/mol. The van der Waals surface area contributed by atoms with Crippen LogP contribution in [0.1, 0.15) is 24.6 Å². The van der Waals surface area contributed by atoms with E-state index in [1.165, 1.54) is 34.0 Å². The van der Waals surface area contributed by atoms with Crippen molar-refractivity contribution in [2.45, 2.75) is 18.8 Å². The number of aromatic nitrogens is 4. The number of halogens is 1. The Labute approximate surface area is 148 Å². The highest BCUT2D eigenvalue weighted by Gasteiger charge is 2.30. The van der Waals surface area contributed by atoms with Crippen molar-refractivity contribution in [3.63, 3.8) is 0 Å². The molecule has 25 heavy (non-hydrogen) atoms. The Morgan fingerprint density at radius 1 is 1.24 bits per heavy atom. The number of fused-ring (bicyclic) bond motifs is 1. The van der Waals surface area contributed by atoms with E-state index < -0.39 is 10.0 Å².